The number of thiazole rings is 1. The smallest absolute Gasteiger partial charge is 0.267 e. The van der Waals surface area contributed by atoms with Crippen LogP contribution in [0.5, 0.6) is 0 Å². The molecule has 0 bridgehead atoms. The Morgan fingerprint density at radius 2 is 1.70 bits per heavy atom. The normalized spacial score (nSPS) is 8.96. The minimum absolute atomic E-state index is 0. The Kier molecular flexibility index (Phi) is 11.4. The third-order valence-corrected chi connectivity index (χ3v) is 4.05. The fourth-order valence-electron chi connectivity index (χ4n) is 1.96. The van der Waals surface area contributed by atoms with Gasteiger partial charge in [-0.15, -0.1) is 0 Å². The van der Waals surface area contributed by atoms with Crippen LogP contribution in [0.15, 0.2) is 42.6 Å². The van der Waals surface area contributed by atoms with E-state index in [4.69, 9.17) is 0 Å². The molecule has 0 aliphatic carbocycles. The molecular weight excluding hydrogens is 358 g/mol. The van der Waals surface area contributed by atoms with Crippen LogP contribution in [0.25, 0.3) is 0 Å². The minimum Gasteiger partial charge on any atom is -0.321 e. The van der Waals surface area contributed by atoms with Crippen LogP contribution in [-0.2, 0) is 7.05 Å². The number of hydrogen-bond donors (Lipinski definition) is 2. The van der Waals surface area contributed by atoms with E-state index in [-0.39, 0.29) is 13.3 Å². The third kappa shape index (κ3) is 7.22. The van der Waals surface area contributed by atoms with Gasteiger partial charge >= 0.3 is 0 Å². The number of amides is 1. The van der Waals surface area contributed by atoms with Crippen molar-refractivity contribution in [3.05, 3.63) is 53.2 Å². The summed E-state index contributed by atoms with van der Waals surface area (Å²) < 4.78 is 1.70. The lowest BCUT2D eigenvalue weighted by molar-refractivity contribution is 0.103. The van der Waals surface area contributed by atoms with E-state index in [1.807, 2.05) is 84.3 Å². The second kappa shape index (κ2) is 12.6. The highest BCUT2D eigenvalue weighted by Gasteiger charge is 2.16. The van der Waals surface area contributed by atoms with Crippen LogP contribution in [0.2, 0.25) is 0 Å². The average Bonchev–Trinajstić information content (AvgIpc) is 3.24. The number of carbonyl (C=O) groups excluding carboxylic acids is 1. The molecular formula is C20H31N5OS. The highest BCUT2D eigenvalue weighted by atomic mass is 32.1. The molecule has 2 N–H and O–H groups in total. The van der Waals surface area contributed by atoms with Crippen LogP contribution in [0.4, 0.5) is 16.6 Å². The van der Waals surface area contributed by atoms with E-state index in [1.165, 1.54) is 11.3 Å². The Morgan fingerprint density at radius 3 is 2.26 bits per heavy atom. The first-order valence-electron chi connectivity index (χ1n) is 8.72. The third-order valence-electron chi connectivity index (χ3n) is 2.98. The topological polar surface area (TPSA) is 71.8 Å². The molecule has 0 saturated carbocycles. The summed E-state index contributed by atoms with van der Waals surface area (Å²) >= 11 is 1.31. The van der Waals surface area contributed by atoms with Gasteiger partial charge in [0, 0.05) is 25.0 Å². The minimum atomic E-state index is -0.157. The van der Waals surface area contributed by atoms with E-state index in [9.17, 15) is 4.79 Å². The zero-order chi connectivity index (χ0) is 19.5. The largest absolute Gasteiger partial charge is 0.321 e. The molecule has 27 heavy (non-hydrogen) atoms. The molecule has 0 spiro atoms. The Bertz CT molecular complexity index is 796. The molecule has 2 heterocycles. The molecule has 1 aromatic carbocycles. The molecule has 1 amide bonds. The average molecular weight is 390 g/mol. The van der Waals surface area contributed by atoms with Gasteiger partial charge < -0.3 is 10.6 Å². The summed E-state index contributed by atoms with van der Waals surface area (Å²) in [7, 11) is 1.84. The van der Waals surface area contributed by atoms with Gasteiger partial charge in [-0.1, -0.05) is 64.7 Å². The molecule has 148 valence electrons. The lowest BCUT2D eigenvalue weighted by atomic mass is 10.3. The number of nitrogens with one attached hydrogen (secondary N) is 2. The van der Waals surface area contributed by atoms with E-state index in [0.717, 1.165) is 5.69 Å². The highest BCUT2D eigenvalue weighted by molar-refractivity contribution is 7.17. The van der Waals surface area contributed by atoms with Gasteiger partial charge in [0.15, 0.2) is 10.9 Å². The maximum Gasteiger partial charge on any atom is 0.267 e. The Hall–Kier alpha value is -2.67. The van der Waals surface area contributed by atoms with Crippen molar-refractivity contribution < 1.29 is 4.79 Å². The molecule has 3 aromatic rings. The zero-order valence-electron chi connectivity index (χ0n) is 16.2. The summed E-state index contributed by atoms with van der Waals surface area (Å²) in [6, 6.07) is 11.2. The quantitative estimate of drug-likeness (QED) is 0.585. The molecule has 2 aromatic heterocycles. The second-order valence-electron chi connectivity index (χ2n) is 4.75. The summed E-state index contributed by atoms with van der Waals surface area (Å²) in [4.78, 5) is 17.3. The molecule has 0 saturated heterocycles. The fraction of sp³-hybridized carbons (Fsp3) is 0.350. The maximum atomic E-state index is 12.3. The van der Waals surface area contributed by atoms with Crippen molar-refractivity contribution in [1.29, 1.82) is 0 Å². The number of aryl methyl sites for hydroxylation is 2. The van der Waals surface area contributed by atoms with Crippen LogP contribution < -0.4 is 10.6 Å². The van der Waals surface area contributed by atoms with Gasteiger partial charge in [0.2, 0.25) is 0 Å². The summed E-state index contributed by atoms with van der Waals surface area (Å²) in [5, 5.41) is 10.8. The number of rotatable bonds is 4. The molecule has 0 aliphatic rings. The Balaban J connectivity index is 0.00000127. The van der Waals surface area contributed by atoms with Gasteiger partial charge in [0.25, 0.3) is 5.91 Å². The van der Waals surface area contributed by atoms with Crippen LogP contribution >= 0.6 is 11.3 Å². The Labute approximate surface area is 166 Å². The molecule has 0 atom stereocenters. The van der Waals surface area contributed by atoms with Crippen molar-refractivity contribution in [2.24, 2.45) is 7.05 Å². The first-order chi connectivity index (χ1) is 12.6. The van der Waals surface area contributed by atoms with E-state index in [0.29, 0.717) is 21.5 Å². The molecule has 6 nitrogen and oxygen atoms in total. The number of para-hydroxylation sites is 1. The SMILES string of the molecule is C.CC.CC.Cc1nc(Nc2ccn(C)n2)sc1C(=O)Nc1ccccc1. The van der Waals surface area contributed by atoms with Gasteiger partial charge in [0.05, 0.1) is 5.69 Å². The van der Waals surface area contributed by atoms with Gasteiger partial charge in [-0.25, -0.2) is 4.98 Å². The van der Waals surface area contributed by atoms with E-state index in [2.05, 4.69) is 20.7 Å². The maximum absolute atomic E-state index is 12.3. The van der Waals surface area contributed by atoms with E-state index >= 15 is 0 Å². The zero-order valence-corrected chi connectivity index (χ0v) is 17.0. The standard InChI is InChI=1S/C15H15N5OS.2C2H6.CH4/c1-10-13(14(21)17-11-6-4-3-5-7-11)22-15(16-10)18-12-8-9-20(2)19-12;2*1-2;/h3-9H,1-2H3,(H,17,21)(H,16,18,19);2*1-2H3;1H4. The van der Waals surface area contributed by atoms with Gasteiger partial charge in [-0.05, 0) is 19.1 Å². The number of hydrogen-bond acceptors (Lipinski definition) is 5. The molecule has 0 fully saturated rings. The summed E-state index contributed by atoms with van der Waals surface area (Å²) in [5.41, 5.74) is 1.45. The lowest BCUT2D eigenvalue weighted by Gasteiger charge is -2.02. The molecule has 0 unspecified atom stereocenters. The van der Waals surface area contributed by atoms with Crippen LogP contribution in [-0.4, -0.2) is 20.7 Å². The van der Waals surface area contributed by atoms with Crippen molar-refractivity contribution >= 4 is 33.9 Å². The predicted octanol–water partition coefficient (Wildman–Crippen LogP) is 5.87. The Morgan fingerprint density at radius 1 is 1.07 bits per heavy atom. The van der Waals surface area contributed by atoms with Crippen molar-refractivity contribution in [2.45, 2.75) is 42.0 Å². The fourth-order valence-corrected chi connectivity index (χ4v) is 2.83. The monoisotopic (exact) mass is 389 g/mol. The van der Waals surface area contributed by atoms with Crippen molar-refractivity contribution in [3.8, 4) is 0 Å². The van der Waals surface area contributed by atoms with Gasteiger partial charge in [-0.2, -0.15) is 5.10 Å². The summed E-state index contributed by atoms with van der Waals surface area (Å²) in [6.07, 6.45) is 1.84. The molecule has 7 heteroatoms. The highest BCUT2D eigenvalue weighted by Crippen LogP contribution is 2.25. The lowest BCUT2D eigenvalue weighted by Crippen LogP contribution is -2.11. The predicted molar refractivity (Wildman–Crippen MR) is 117 cm³/mol. The van der Waals surface area contributed by atoms with E-state index < -0.39 is 0 Å². The molecule has 3 rings (SSSR count). The number of carbonyl (C=O) groups is 1. The molecule has 0 aliphatic heterocycles. The first kappa shape index (κ1) is 24.3. The van der Waals surface area contributed by atoms with Gasteiger partial charge in [0.1, 0.15) is 4.88 Å². The van der Waals surface area contributed by atoms with Gasteiger partial charge in [-0.3, -0.25) is 9.48 Å². The molecule has 0 radical (unpaired) electrons. The van der Waals surface area contributed by atoms with Crippen LogP contribution in [0.1, 0.15) is 50.5 Å². The van der Waals surface area contributed by atoms with Crippen molar-refractivity contribution in [2.75, 3.05) is 10.6 Å². The first-order valence-corrected chi connectivity index (χ1v) is 9.54. The van der Waals surface area contributed by atoms with Crippen LogP contribution in [0, 0.1) is 6.92 Å². The summed E-state index contributed by atoms with van der Waals surface area (Å²) in [5.74, 6) is 0.543. The number of aromatic nitrogens is 3. The summed E-state index contributed by atoms with van der Waals surface area (Å²) in [6.45, 7) is 9.82. The van der Waals surface area contributed by atoms with Crippen LogP contribution in [0.3, 0.4) is 0 Å². The van der Waals surface area contributed by atoms with Crippen molar-refractivity contribution in [1.82, 2.24) is 14.8 Å². The number of anilines is 3. The number of benzene rings is 1. The van der Waals surface area contributed by atoms with Crippen molar-refractivity contribution in [3.63, 3.8) is 0 Å². The van der Waals surface area contributed by atoms with E-state index in [1.54, 1.807) is 4.68 Å². The second-order valence-corrected chi connectivity index (χ2v) is 5.75. The number of nitrogens with zero attached hydrogens (tertiary/aromatic N) is 3.